The Morgan fingerprint density at radius 2 is 1.81 bits per heavy atom. The maximum absolute atomic E-state index is 12.1. The van der Waals surface area contributed by atoms with Crippen molar-refractivity contribution in [1.82, 2.24) is 5.43 Å². The Hall–Kier alpha value is -3.60. The van der Waals surface area contributed by atoms with E-state index in [0.29, 0.717) is 18.3 Å². The maximum Gasteiger partial charge on any atom is 0.277 e. The SMILES string of the molecule is Cc1ccc(C(C)C)cc1OCC(=O)N/N=C\c1cccc(OCc2ccccc2)c1. The molecule has 5 heteroatoms. The highest BCUT2D eigenvalue weighted by atomic mass is 16.5. The number of carbonyl (C=O) groups is 1. The van der Waals surface area contributed by atoms with E-state index < -0.39 is 0 Å². The molecular formula is C26H28N2O3. The number of nitrogens with one attached hydrogen (secondary N) is 1. The second-order valence-electron chi connectivity index (χ2n) is 7.61. The van der Waals surface area contributed by atoms with E-state index in [-0.39, 0.29) is 12.5 Å². The average Bonchev–Trinajstić information content (AvgIpc) is 2.78. The second-order valence-corrected chi connectivity index (χ2v) is 7.61. The zero-order chi connectivity index (χ0) is 22.1. The summed E-state index contributed by atoms with van der Waals surface area (Å²) in [6.07, 6.45) is 1.58. The molecule has 0 aliphatic rings. The maximum atomic E-state index is 12.1. The van der Waals surface area contributed by atoms with Crippen LogP contribution in [0.2, 0.25) is 0 Å². The molecule has 0 fully saturated rings. The lowest BCUT2D eigenvalue weighted by molar-refractivity contribution is -0.123. The minimum Gasteiger partial charge on any atom is -0.489 e. The van der Waals surface area contributed by atoms with Crippen molar-refractivity contribution < 1.29 is 14.3 Å². The van der Waals surface area contributed by atoms with Gasteiger partial charge in [-0.05, 0) is 53.3 Å². The highest BCUT2D eigenvalue weighted by Gasteiger charge is 2.07. The molecule has 0 bridgehead atoms. The number of hydrazone groups is 1. The van der Waals surface area contributed by atoms with Crippen molar-refractivity contribution in [2.45, 2.75) is 33.3 Å². The van der Waals surface area contributed by atoms with Crippen LogP contribution in [0.3, 0.4) is 0 Å². The van der Waals surface area contributed by atoms with Crippen LogP contribution >= 0.6 is 0 Å². The summed E-state index contributed by atoms with van der Waals surface area (Å²) in [6.45, 7) is 6.60. The standard InChI is InChI=1S/C26H28N2O3/c1-19(2)23-13-12-20(3)25(15-23)31-18-26(29)28-27-16-22-10-7-11-24(14-22)30-17-21-8-5-4-6-9-21/h4-16,19H,17-18H2,1-3H3,(H,28,29)/b27-16-. The van der Waals surface area contributed by atoms with Crippen molar-refractivity contribution in [2.24, 2.45) is 5.10 Å². The van der Waals surface area contributed by atoms with Gasteiger partial charge in [-0.1, -0.05) is 68.4 Å². The fourth-order valence-electron chi connectivity index (χ4n) is 2.91. The zero-order valence-electron chi connectivity index (χ0n) is 18.2. The van der Waals surface area contributed by atoms with E-state index in [1.807, 2.05) is 73.7 Å². The van der Waals surface area contributed by atoms with Gasteiger partial charge < -0.3 is 9.47 Å². The molecule has 160 valence electrons. The van der Waals surface area contributed by atoms with Crippen molar-refractivity contribution in [3.8, 4) is 11.5 Å². The first-order valence-corrected chi connectivity index (χ1v) is 10.3. The number of amides is 1. The Morgan fingerprint density at radius 3 is 2.58 bits per heavy atom. The van der Waals surface area contributed by atoms with Gasteiger partial charge in [0, 0.05) is 0 Å². The topological polar surface area (TPSA) is 59.9 Å². The van der Waals surface area contributed by atoms with Crippen molar-refractivity contribution in [3.05, 3.63) is 95.1 Å². The van der Waals surface area contributed by atoms with Gasteiger partial charge in [0.2, 0.25) is 0 Å². The Bertz CT molecular complexity index is 1030. The van der Waals surface area contributed by atoms with E-state index in [1.54, 1.807) is 6.21 Å². The number of carbonyl (C=O) groups excluding carboxylic acids is 1. The third-order valence-corrected chi connectivity index (χ3v) is 4.75. The van der Waals surface area contributed by atoms with Crippen molar-refractivity contribution in [3.63, 3.8) is 0 Å². The zero-order valence-corrected chi connectivity index (χ0v) is 18.2. The van der Waals surface area contributed by atoms with E-state index in [1.165, 1.54) is 5.56 Å². The van der Waals surface area contributed by atoms with E-state index in [4.69, 9.17) is 9.47 Å². The molecule has 0 atom stereocenters. The van der Waals surface area contributed by atoms with E-state index in [9.17, 15) is 4.79 Å². The van der Waals surface area contributed by atoms with Gasteiger partial charge in [0.15, 0.2) is 6.61 Å². The monoisotopic (exact) mass is 416 g/mol. The highest BCUT2D eigenvalue weighted by Crippen LogP contribution is 2.24. The average molecular weight is 417 g/mol. The molecule has 0 heterocycles. The summed E-state index contributed by atoms with van der Waals surface area (Å²) in [5.41, 5.74) is 6.59. The summed E-state index contributed by atoms with van der Waals surface area (Å²) in [7, 11) is 0. The van der Waals surface area contributed by atoms with Gasteiger partial charge in [-0.25, -0.2) is 5.43 Å². The number of ether oxygens (including phenoxy) is 2. The molecule has 31 heavy (non-hydrogen) atoms. The van der Waals surface area contributed by atoms with Gasteiger partial charge in [0.25, 0.3) is 5.91 Å². The predicted octanol–water partition coefficient (Wildman–Crippen LogP) is 5.23. The fraction of sp³-hybridized carbons (Fsp3) is 0.231. The van der Waals surface area contributed by atoms with Crippen LogP contribution in [-0.4, -0.2) is 18.7 Å². The lowest BCUT2D eigenvalue weighted by atomic mass is 10.0. The quantitative estimate of drug-likeness (QED) is 0.384. The molecule has 0 aromatic heterocycles. The molecule has 0 unspecified atom stereocenters. The Balaban J connectivity index is 1.49. The number of benzene rings is 3. The molecule has 3 aromatic rings. The van der Waals surface area contributed by atoms with Crippen LogP contribution in [0.25, 0.3) is 0 Å². The van der Waals surface area contributed by atoms with Gasteiger partial charge in [-0.3, -0.25) is 4.79 Å². The molecule has 5 nitrogen and oxygen atoms in total. The Labute approximate surface area is 183 Å². The molecule has 0 saturated carbocycles. The number of hydrogen-bond donors (Lipinski definition) is 1. The molecule has 1 amide bonds. The van der Waals surface area contributed by atoms with Gasteiger partial charge >= 0.3 is 0 Å². The van der Waals surface area contributed by atoms with Crippen LogP contribution in [0.15, 0.2) is 77.9 Å². The van der Waals surface area contributed by atoms with Crippen LogP contribution < -0.4 is 14.9 Å². The Kier molecular flexibility index (Phi) is 7.82. The van der Waals surface area contributed by atoms with Gasteiger partial charge in [0.05, 0.1) is 6.21 Å². The number of aryl methyl sites for hydroxylation is 1. The minimum absolute atomic E-state index is 0.0973. The normalized spacial score (nSPS) is 11.0. The summed E-state index contributed by atoms with van der Waals surface area (Å²) in [5.74, 6) is 1.53. The lowest BCUT2D eigenvalue weighted by Crippen LogP contribution is -2.24. The number of rotatable bonds is 9. The summed E-state index contributed by atoms with van der Waals surface area (Å²) in [5, 5.41) is 4.02. The van der Waals surface area contributed by atoms with E-state index in [0.717, 1.165) is 22.4 Å². The second kappa shape index (κ2) is 11.0. The van der Waals surface area contributed by atoms with Crippen LogP contribution in [-0.2, 0) is 11.4 Å². The molecule has 0 spiro atoms. The van der Waals surface area contributed by atoms with Crippen LogP contribution in [0.4, 0.5) is 0 Å². The van der Waals surface area contributed by atoms with E-state index >= 15 is 0 Å². The van der Waals surface area contributed by atoms with Crippen LogP contribution in [0.1, 0.15) is 42.0 Å². The van der Waals surface area contributed by atoms with Crippen molar-refractivity contribution >= 4 is 12.1 Å². The molecule has 3 aromatic carbocycles. The first-order chi connectivity index (χ1) is 15.0. The number of hydrogen-bond acceptors (Lipinski definition) is 4. The highest BCUT2D eigenvalue weighted by molar-refractivity contribution is 5.83. The van der Waals surface area contributed by atoms with Crippen molar-refractivity contribution in [2.75, 3.05) is 6.61 Å². The molecule has 3 rings (SSSR count). The number of nitrogens with zero attached hydrogens (tertiary/aromatic N) is 1. The summed E-state index contributed by atoms with van der Waals surface area (Å²) < 4.78 is 11.5. The summed E-state index contributed by atoms with van der Waals surface area (Å²) >= 11 is 0. The molecule has 1 N–H and O–H groups in total. The first kappa shape index (κ1) is 22.1. The largest absolute Gasteiger partial charge is 0.489 e. The van der Waals surface area contributed by atoms with Crippen LogP contribution in [0, 0.1) is 6.92 Å². The van der Waals surface area contributed by atoms with Gasteiger partial charge in [0.1, 0.15) is 18.1 Å². The molecule has 0 aliphatic heterocycles. The molecule has 0 radical (unpaired) electrons. The molecule has 0 aliphatic carbocycles. The molecular weight excluding hydrogens is 388 g/mol. The lowest BCUT2D eigenvalue weighted by Gasteiger charge is -2.12. The van der Waals surface area contributed by atoms with Crippen LogP contribution in [0.5, 0.6) is 11.5 Å². The van der Waals surface area contributed by atoms with E-state index in [2.05, 4.69) is 30.4 Å². The summed E-state index contributed by atoms with van der Waals surface area (Å²) in [4.78, 5) is 12.1. The third-order valence-electron chi connectivity index (χ3n) is 4.75. The minimum atomic E-state index is -0.318. The Morgan fingerprint density at radius 1 is 1.00 bits per heavy atom. The van der Waals surface area contributed by atoms with Gasteiger partial charge in [-0.2, -0.15) is 5.10 Å². The smallest absolute Gasteiger partial charge is 0.277 e. The van der Waals surface area contributed by atoms with Gasteiger partial charge in [-0.15, -0.1) is 0 Å². The predicted molar refractivity (Wildman–Crippen MR) is 124 cm³/mol. The first-order valence-electron chi connectivity index (χ1n) is 10.3. The summed E-state index contributed by atoms with van der Waals surface area (Å²) in [6, 6.07) is 23.6. The van der Waals surface area contributed by atoms with Crippen molar-refractivity contribution in [1.29, 1.82) is 0 Å². The third kappa shape index (κ3) is 7.00. The molecule has 0 saturated heterocycles. The fourth-order valence-corrected chi connectivity index (χ4v) is 2.91.